The van der Waals surface area contributed by atoms with Gasteiger partial charge in [0.2, 0.25) is 0 Å². The van der Waals surface area contributed by atoms with Crippen molar-refractivity contribution in [2.75, 3.05) is 25.0 Å². The van der Waals surface area contributed by atoms with E-state index in [-0.39, 0.29) is 0 Å². The summed E-state index contributed by atoms with van der Waals surface area (Å²) in [5, 5.41) is 8.85. The molecule has 0 bridgehead atoms. The molecule has 0 atom stereocenters. The summed E-state index contributed by atoms with van der Waals surface area (Å²) in [4.78, 5) is 4.36. The molecule has 4 heteroatoms. The van der Waals surface area contributed by atoms with Crippen LogP contribution in [0, 0.1) is 0 Å². The second kappa shape index (κ2) is 9.65. The maximum absolute atomic E-state index is 6.01. The topological polar surface area (TPSA) is 37.0 Å². The van der Waals surface area contributed by atoms with Gasteiger partial charge in [-0.3, -0.25) is 4.98 Å². The van der Waals surface area contributed by atoms with E-state index in [1.54, 1.807) is 0 Å². The third-order valence-corrected chi connectivity index (χ3v) is 3.99. The molecule has 0 saturated heterocycles. The Labute approximate surface area is 138 Å². The van der Waals surface area contributed by atoms with E-state index in [4.69, 9.17) is 11.6 Å². The highest BCUT2D eigenvalue weighted by molar-refractivity contribution is 6.31. The van der Waals surface area contributed by atoms with Crippen molar-refractivity contribution in [3.05, 3.63) is 35.5 Å². The Balaban J connectivity index is 1.69. The van der Waals surface area contributed by atoms with Gasteiger partial charge in [0, 0.05) is 28.8 Å². The van der Waals surface area contributed by atoms with Crippen molar-refractivity contribution in [2.24, 2.45) is 0 Å². The average molecular weight is 320 g/mol. The molecular weight excluding hydrogens is 294 g/mol. The number of hydrogen-bond acceptors (Lipinski definition) is 3. The van der Waals surface area contributed by atoms with Gasteiger partial charge in [-0.2, -0.15) is 0 Å². The fourth-order valence-electron chi connectivity index (χ4n) is 2.51. The third-order valence-electron chi connectivity index (χ3n) is 3.76. The van der Waals surface area contributed by atoms with Crippen LogP contribution in [0.15, 0.2) is 30.5 Å². The van der Waals surface area contributed by atoms with Gasteiger partial charge >= 0.3 is 0 Å². The molecule has 0 spiro atoms. The van der Waals surface area contributed by atoms with E-state index in [1.165, 1.54) is 25.7 Å². The first-order chi connectivity index (χ1) is 10.8. The number of hydrogen-bond donors (Lipinski definition) is 2. The lowest BCUT2D eigenvalue weighted by atomic mass is 10.2. The van der Waals surface area contributed by atoms with Crippen LogP contribution in [-0.2, 0) is 0 Å². The highest BCUT2D eigenvalue weighted by Gasteiger charge is 2.01. The number of halogens is 1. The standard InChI is InChI=1S/C18H26ClN3/c1-2-3-4-5-10-20-11-6-12-21-17-9-13-22-18-14-15(19)7-8-16(17)18/h7-9,13-14,20H,2-6,10-12H2,1H3,(H,21,22). The van der Waals surface area contributed by atoms with E-state index >= 15 is 0 Å². The van der Waals surface area contributed by atoms with Crippen LogP contribution in [0.1, 0.15) is 39.0 Å². The first-order valence-corrected chi connectivity index (χ1v) is 8.68. The SMILES string of the molecule is CCCCCCNCCCNc1ccnc2cc(Cl)ccc12. The van der Waals surface area contributed by atoms with E-state index in [2.05, 4.69) is 22.5 Å². The molecule has 0 radical (unpaired) electrons. The maximum atomic E-state index is 6.01. The Morgan fingerprint density at radius 1 is 1.00 bits per heavy atom. The molecule has 0 unspecified atom stereocenters. The first kappa shape index (κ1) is 17.0. The van der Waals surface area contributed by atoms with Gasteiger partial charge < -0.3 is 10.6 Å². The van der Waals surface area contributed by atoms with E-state index in [0.717, 1.165) is 47.7 Å². The molecule has 0 fully saturated rings. The number of fused-ring (bicyclic) bond motifs is 1. The van der Waals surface area contributed by atoms with Gasteiger partial charge in [0.25, 0.3) is 0 Å². The van der Waals surface area contributed by atoms with Crippen molar-refractivity contribution < 1.29 is 0 Å². The number of rotatable bonds is 10. The number of aromatic nitrogens is 1. The van der Waals surface area contributed by atoms with E-state index in [1.807, 2.05) is 30.5 Å². The molecular formula is C18H26ClN3. The van der Waals surface area contributed by atoms with Crippen LogP contribution in [0.4, 0.5) is 5.69 Å². The quantitative estimate of drug-likeness (QED) is 0.614. The molecule has 0 amide bonds. The number of pyridine rings is 1. The lowest BCUT2D eigenvalue weighted by Gasteiger charge is -2.10. The van der Waals surface area contributed by atoms with Gasteiger partial charge in [0.05, 0.1) is 5.52 Å². The largest absolute Gasteiger partial charge is 0.384 e. The minimum absolute atomic E-state index is 0.726. The molecule has 2 rings (SSSR count). The monoisotopic (exact) mass is 319 g/mol. The molecule has 3 nitrogen and oxygen atoms in total. The lowest BCUT2D eigenvalue weighted by molar-refractivity contribution is 0.591. The number of unbranched alkanes of at least 4 members (excludes halogenated alkanes) is 3. The minimum Gasteiger partial charge on any atom is -0.384 e. The van der Waals surface area contributed by atoms with Crippen molar-refractivity contribution in [3.8, 4) is 0 Å². The lowest BCUT2D eigenvalue weighted by Crippen LogP contribution is -2.19. The molecule has 2 aromatic rings. The molecule has 1 heterocycles. The van der Waals surface area contributed by atoms with Gasteiger partial charge in [0.1, 0.15) is 0 Å². The molecule has 1 aromatic heterocycles. The second-order valence-corrected chi connectivity index (χ2v) is 6.05. The van der Waals surface area contributed by atoms with Crippen LogP contribution in [0.2, 0.25) is 5.02 Å². The zero-order valence-electron chi connectivity index (χ0n) is 13.4. The second-order valence-electron chi connectivity index (χ2n) is 5.61. The van der Waals surface area contributed by atoms with Gasteiger partial charge in [-0.05, 0) is 50.2 Å². The van der Waals surface area contributed by atoms with Gasteiger partial charge in [-0.1, -0.05) is 37.8 Å². The van der Waals surface area contributed by atoms with Crippen LogP contribution in [-0.4, -0.2) is 24.6 Å². The van der Waals surface area contributed by atoms with Crippen LogP contribution in [0.5, 0.6) is 0 Å². The Hall–Kier alpha value is -1.32. The van der Waals surface area contributed by atoms with Crippen LogP contribution < -0.4 is 10.6 Å². The number of nitrogens with one attached hydrogen (secondary N) is 2. The summed E-state index contributed by atoms with van der Waals surface area (Å²) in [6.07, 6.45) is 8.22. The fourth-order valence-corrected chi connectivity index (χ4v) is 2.68. The van der Waals surface area contributed by atoms with E-state index < -0.39 is 0 Å². The summed E-state index contributed by atoms with van der Waals surface area (Å²) in [7, 11) is 0. The van der Waals surface area contributed by atoms with Crippen molar-refractivity contribution in [2.45, 2.75) is 39.0 Å². The predicted octanol–water partition coefficient (Wildman–Crippen LogP) is 4.86. The van der Waals surface area contributed by atoms with Gasteiger partial charge in [0.15, 0.2) is 0 Å². The normalized spacial score (nSPS) is 11.0. The summed E-state index contributed by atoms with van der Waals surface area (Å²) in [5.74, 6) is 0. The molecule has 0 saturated carbocycles. The molecule has 0 aliphatic rings. The Bertz CT molecular complexity index is 571. The zero-order chi connectivity index (χ0) is 15.6. The average Bonchev–Trinajstić information content (AvgIpc) is 2.53. The number of anilines is 1. The summed E-state index contributed by atoms with van der Waals surface area (Å²) in [6.45, 7) is 5.41. The van der Waals surface area contributed by atoms with Crippen LogP contribution >= 0.6 is 11.6 Å². The van der Waals surface area contributed by atoms with Crippen LogP contribution in [0.25, 0.3) is 10.9 Å². The molecule has 22 heavy (non-hydrogen) atoms. The van der Waals surface area contributed by atoms with Gasteiger partial charge in [-0.15, -0.1) is 0 Å². The maximum Gasteiger partial charge on any atom is 0.0737 e. The third kappa shape index (κ3) is 5.47. The summed E-state index contributed by atoms with van der Waals surface area (Å²) in [6, 6.07) is 7.86. The Morgan fingerprint density at radius 3 is 2.73 bits per heavy atom. The Kier molecular flexibility index (Phi) is 7.47. The fraction of sp³-hybridized carbons (Fsp3) is 0.500. The van der Waals surface area contributed by atoms with Crippen molar-refractivity contribution in [1.29, 1.82) is 0 Å². The molecule has 0 aliphatic heterocycles. The zero-order valence-corrected chi connectivity index (χ0v) is 14.1. The smallest absolute Gasteiger partial charge is 0.0737 e. The predicted molar refractivity (Wildman–Crippen MR) is 96.9 cm³/mol. The number of nitrogens with zero attached hydrogens (tertiary/aromatic N) is 1. The summed E-state index contributed by atoms with van der Waals surface area (Å²) in [5.41, 5.74) is 2.07. The summed E-state index contributed by atoms with van der Waals surface area (Å²) >= 11 is 6.01. The summed E-state index contributed by atoms with van der Waals surface area (Å²) < 4.78 is 0. The van der Waals surface area contributed by atoms with Crippen molar-refractivity contribution in [1.82, 2.24) is 10.3 Å². The van der Waals surface area contributed by atoms with Gasteiger partial charge in [-0.25, -0.2) is 0 Å². The Morgan fingerprint density at radius 2 is 1.86 bits per heavy atom. The van der Waals surface area contributed by atoms with Crippen LogP contribution in [0.3, 0.4) is 0 Å². The molecule has 0 aliphatic carbocycles. The molecule has 1 aromatic carbocycles. The number of benzene rings is 1. The minimum atomic E-state index is 0.726. The molecule has 120 valence electrons. The highest BCUT2D eigenvalue weighted by Crippen LogP contribution is 2.24. The van der Waals surface area contributed by atoms with Crippen molar-refractivity contribution >= 4 is 28.2 Å². The first-order valence-electron chi connectivity index (χ1n) is 8.30. The van der Waals surface area contributed by atoms with E-state index in [9.17, 15) is 0 Å². The highest BCUT2D eigenvalue weighted by atomic mass is 35.5. The van der Waals surface area contributed by atoms with E-state index in [0.29, 0.717) is 0 Å². The van der Waals surface area contributed by atoms with Crippen molar-refractivity contribution in [3.63, 3.8) is 0 Å². The molecule has 2 N–H and O–H groups in total.